The molecule has 2 aliphatic rings. The van der Waals surface area contributed by atoms with Gasteiger partial charge in [0, 0.05) is 18.2 Å². The van der Waals surface area contributed by atoms with Crippen LogP contribution in [0.5, 0.6) is 0 Å². The van der Waals surface area contributed by atoms with E-state index in [0.29, 0.717) is 0 Å². The van der Waals surface area contributed by atoms with E-state index in [4.69, 9.17) is 9.47 Å². The quantitative estimate of drug-likeness (QED) is 0.285. The zero-order valence-corrected chi connectivity index (χ0v) is 18.7. The van der Waals surface area contributed by atoms with Crippen LogP contribution in [0.1, 0.15) is 12.5 Å². The number of hydrogen-bond donors (Lipinski definition) is 1. The number of carbonyl (C=O) groups is 4. The summed E-state index contributed by atoms with van der Waals surface area (Å²) < 4.78 is 9.94. The standard InChI is InChI=1S/C18H18N2O7S.Na/c1-10(21)26-8-12-9-28-16-13(15(22)20(16)14(12)17(23)24)19-18(25)27-7-11-5-3-2-4-6-11;/h2-6,13,16H,7-9H2,1H3,(H,19,25)(H,23,24);/q;+1/p-1/t13?,16-;/m0./s1. The Morgan fingerprint density at radius 1 is 1.21 bits per heavy atom. The molecule has 2 heterocycles. The predicted octanol–water partition coefficient (Wildman–Crippen LogP) is -3.23. The van der Waals surface area contributed by atoms with Crippen LogP contribution in [-0.2, 0) is 30.5 Å². The molecule has 29 heavy (non-hydrogen) atoms. The van der Waals surface area contributed by atoms with Crippen molar-refractivity contribution >= 4 is 35.7 Å². The third-order valence-corrected chi connectivity index (χ3v) is 5.52. The van der Waals surface area contributed by atoms with E-state index in [-0.39, 0.29) is 59.8 Å². The molecule has 0 radical (unpaired) electrons. The number of esters is 1. The van der Waals surface area contributed by atoms with Gasteiger partial charge >= 0.3 is 41.6 Å². The van der Waals surface area contributed by atoms with Crippen molar-refractivity contribution in [3.8, 4) is 0 Å². The Morgan fingerprint density at radius 2 is 1.90 bits per heavy atom. The van der Waals surface area contributed by atoms with Crippen molar-refractivity contribution < 1.29 is 63.3 Å². The smallest absolute Gasteiger partial charge is 0.543 e. The minimum Gasteiger partial charge on any atom is -0.543 e. The molecule has 0 aromatic heterocycles. The number of benzene rings is 1. The number of amides is 2. The van der Waals surface area contributed by atoms with Crippen molar-refractivity contribution in [3.05, 3.63) is 47.2 Å². The maximum absolute atomic E-state index is 12.4. The van der Waals surface area contributed by atoms with Crippen LogP contribution >= 0.6 is 11.8 Å². The summed E-state index contributed by atoms with van der Waals surface area (Å²) in [5, 5.41) is 13.4. The zero-order valence-electron chi connectivity index (χ0n) is 15.9. The van der Waals surface area contributed by atoms with Gasteiger partial charge in [-0.1, -0.05) is 30.3 Å². The number of rotatable bonds is 6. The fraction of sp³-hybridized carbons (Fsp3) is 0.333. The van der Waals surface area contributed by atoms with Crippen LogP contribution in [0.15, 0.2) is 41.6 Å². The first-order valence-electron chi connectivity index (χ1n) is 8.37. The number of thioether (sulfide) groups is 1. The Morgan fingerprint density at radius 3 is 2.52 bits per heavy atom. The average Bonchev–Trinajstić information content (AvgIpc) is 2.68. The van der Waals surface area contributed by atoms with Crippen LogP contribution in [0.3, 0.4) is 0 Å². The predicted molar refractivity (Wildman–Crippen MR) is 95.3 cm³/mol. The number of aliphatic carboxylic acids is 1. The molecule has 0 spiro atoms. The SMILES string of the molecule is CC(=O)OCC1=C(C(=O)[O-])N2C(=O)C(NC(=O)OCc3ccccc3)[C@@H]2SC1.[Na+]. The van der Waals surface area contributed by atoms with Gasteiger partial charge < -0.3 is 24.7 Å². The summed E-state index contributed by atoms with van der Waals surface area (Å²) in [5.41, 5.74) is 0.754. The Kier molecular flexibility index (Phi) is 8.14. The minimum atomic E-state index is -1.54. The maximum Gasteiger partial charge on any atom is 1.00 e. The number of fused-ring (bicyclic) bond motifs is 1. The van der Waals surface area contributed by atoms with E-state index in [1.807, 2.05) is 18.2 Å². The van der Waals surface area contributed by atoms with E-state index < -0.39 is 35.4 Å². The van der Waals surface area contributed by atoms with E-state index in [9.17, 15) is 24.3 Å². The molecule has 2 amide bonds. The summed E-state index contributed by atoms with van der Waals surface area (Å²) >= 11 is 1.26. The van der Waals surface area contributed by atoms with Crippen LogP contribution in [0.2, 0.25) is 0 Å². The first kappa shape index (κ1) is 23.3. The van der Waals surface area contributed by atoms with Gasteiger partial charge in [-0.15, -0.1) is 11.8 Å². The summed E-state index contributed by atoms with van der Waals surface area (Å²) in [5.74, 6) is -2.46. The number of alkyl carbamates (subject to hydrolysis) is 1. The molecule has 1 fully saturated rings. The number of nitrogens with one attached hydrogen (secondary N) is 1. The Bertz CT molecular complexity index is 846. The molecule has 0 bridgehead atoms. The van der Waals surface area contributed by atoms with Gasteiger partial charge in [0.1, 0.15) is 24.6 Å². The van der Waals surface area contributed by atoms with Crippen LogP contribution < -0.4 is 40.0 Å². The Balaban J connectivity index is 0.00000300. The fourth-order valence-electron chi connectivity index (χ4n) is 2.86. The first-order valence-corrected chi connectivity index (χ1v) is 9.42. The summed E-state index contributed by atoms with van der Waals surface area (Å²) in [6, 6.07) is 8.14. The average molecular weight is 428 g/mol. The van der Waals surface area contributed by atoms with Crippen LogP contribution in [0, 0.1) is 0 Å². The molecular weight excluding hydrogens is 411 g/mol. The summed E-state index contributed by atoms with van der Waals surface area (Å²) in [6.45, 7) is 1.01. The third-order valence-electron chi connectivity index (χ3n) is 4.18. The number of ether oxygens (including phenoxy) is 2. The second-order valence-electron chi connectivity index (χ2n) is 6.11. The minimum absolute atomic E-state index is 0. The largest absolute Gasteiger partial charge is 1.00 e. The van der Waals surface area contributed by atoms with E-state index >= 15 is 0 Å². The van der Waals surface area contributed by atoms with Gasteiger partial charge in [-0.25, -0.2) is 4.79 Å². The molecule has 1 aromatic carbocycles. The van der Waals surface area contributed by atoms with E-state index in [1.54, 1.807) is 12.1 Å². The molecule has 1 N–H and O–H groups in total. The molecule has 0 saturated carbocycles. The van der Waals surface area contributed by atoms with Gasteiger partial charge in [0.25, 0.3) is 5.91 Å². The van der Waals surface area contributed by atoms with Crippen molar-refractivity contribution in [2.24, 2.45) is 0 Å². The fourth-order valence-corrected chi connectivity index (χ4v) is 4.19. The molecule has 0 aliphatic carbocycles. The molecule has 9 nitrogen and oxygen atoms in total. The molecule has 148 valence electrons. The maximum atomic E-state index is 12.4. The number of carboxylic acids is 1. The van der Waals surface area contributed by atoms with E-state index in [2.05, 4.69) is 5.32 Å². The van der Waals surface area contributed by atoms with Gasteiger partial charge in [-0.2, -0.15) is 0 Å². The van der Waals surface area contributed by atoms with Crippen LogP contribution in [0.4, 0.5) is 4.79 Å². The van der Waals surface area contributed by atoms with Crippen molar-refractivity contribution in [2.75, 3.05) is 12.4 Å². The van der Waals surface area contributed by atoms with Crippen molar-refractivity contribution in [2.45, 2.75) is 24.9 Å². The monoisotopic (exact) mass is 428 g/mol. The van der Waals surface area contributed by atoms with Gasteiger partial charge in [0.15, 0.2) is 0 Å². The van der Waals surface area contributed by atoms with Crippen LogP contribution in [-0.4, -0.2) is 52.6 Å². The molecule has 1 saturated heterocycles. The third kappa shape index (κ3) is 5.33. The second kappa shape index (κ2) is 10.1. The van der Waals surface area contributed by atoms with Gasteiger partial charge in [0.2, 0.25) is 0 Å². The molecule has 11 heteroatoms. The molecule has 3 rings (SSSR count). The summed E-state index contributed by atoms with van der Waals surface area (Å²) in [7, 11) is 0. The molecular formula is C18H17N2NaO7S. The molecule has 2 aliphatic heterocycles. The molecule has 2 atom stereocenters. The van der Waals surface area contributed by atoms with Gasteiger partial charge in [-0.05, 0) is 5.56 Å². The molecule has 1 unspecified atom stereocenters. The van der Waals surface area contributed by atoms with Crippen molar-refractivity contribution in [1.82, 2.24) is 10.2 Å². The van der Waals surface area contributed by atoms with Gasteiger partial charge in [-0.3, -0.25) is 14.5 Å². The van der Waals surface area contributed by atoms with Crippen LogP contribution in [0.25, 0.3) is 0 Å². The van der Waals surface area contributed by atoms with Gasteiger partial charge in [0.05, 0.1) is 11.7 Å². The molecule has 1 aromatic rings. The number of carboxylic acid groups (broad SMARTS) is 1. The van der Waals surface area contributed by atoms with Crippen molar-refractivity contribution in [3.63, 3.8) is 0 Å². The first-order chi connectivity index (χ1) is 13.4. The normalized spacial score (nSPS) is 20.0. The topological polar surface area (TPSA) is 125 Å². The zero-order chi connectivity index (χ0) is 20.3. The number of nitrogens with zero attached hydrogens (tertiary/aromatic N) is 1. The summed E-state index contributed by atoms with van der Waals surface area (Å²) in [4.78, 5) is 47.9. The van der Waals surface area contributed by atoms with E-state index in [1.165, 1.54) is 18.7 Å². The summed E-state index contributed by atoms with van der Waals surface area (Å²) in [6.07, 6.45) is -0.771. The number of β-lactam (4-membered cyclic amide) rings is 1. The number of carbonyl (C=O) groups excluding carboxylic acids is 4. The Labute approximate surface area is 193 Å². The second-order valence-corrected chi connectivity index (χ2v) is 7.22. The van der Waals surface area contributed by atoms with E-state index in [0.717, 1.165) is 10.5 Å². The number of hydrogen-bond acceptors (Lipinski definition) is 8. The Hall–Kier alpha value is -2.01. The van der Waals surface area contributed by atoms with Crippen molar-refractivity contribution in [1.29, 1.82) is 0 Å².